The zero-order valence-electron chi connectivity index (χ0n) is 11.7. The molecular weight excluding hydrogens is 312 g/mol. The number of benzene rings is 1. The topological polar surface area (TPSA) is 59.5 Å². The van der Waals surface area contributed by atoms with Gasteiger partial charge in [0.2, 0.25) is 10.0 Å². The fourth-order valence-corrected chi connectivity index (χ4v) is 3.46. The van der Waals surface area contributed by atoms with Crippen LogP contribution < -0.4 is 4.74 Å². The first-order chi connectivity index (χ1) is 9.96. The quantitative estimate of drug-likeness (QED) is 0.792. The summed E-state index contributed by atoms with van der Waals surface area (Å²) in [6, 6.07) is 10.2. The second-order valence-electron chi connectivity index (χ2n) is 4.37. The molecule has 5 nitrogen and oxygen atoms in total. The van der Waals surface area contributed by atoms with Crippen LogP contribution in [0.2, 0.25) is 5.15 Å². The maximum Gasteiger partial charge on any atom is 0.246 e. The lowest BCUT2D eigenvalue weighted by Crippen LogP contribution is -2.27. The lowest BCUT2D eigenvalue weighted by molar-refractivity contribution is 0.398. The summed E-state index contributed by atoms with van der Waals surface area (Å²) >= 11 is 5.87. The van der Waals surface area contributed by atoms with Crippen LogP contribution in [0, 0.1) is 0 Å². The zero-order chi connectivity index (χ0) is 15.5. The van der Waals surface area contributed by atoms with E-state index in [1.54, 1.807) is 13.2 Å². The minimum Gasteiger partial charge on any atom is -0.496 e. The molecule has 0 unspecified atom stereocenters. The largest absolute Gasteiger partial charge is 0.496 e. The van der Waals surface area contributed by atoms with Crippen LogP contribution in [-0.2, 0) is 16.6 Å². The third-order valence-electron chi connectivity index (χ3n) is 3.00. The van der Waals surface area contributed by atoms with Crippen LogP contribution in [0.25, 0.3) is 0 Å². The summed E-state index contributed by atoms with van der Waals surface area (Å²) in [6.07, 6.45) is 1.45. The summed E-state index contributed by atoms with van der Waals surface area (Å²) in [5.41, 5.74) is 0.770. The van der Waals surface area contributed by atoms with Gasteiger partial charge in [-0.05, 0) is 18.2 Å². The van der Waals surface area contributed by atoms with Crippen molar-refractivity contribution in [2.24, 2.45) is 0 Å². The highest BCUT2D eigenvalue weighted by Gasteiger charge is 2.24. The summed E-state index contributed by atoms with van der Waals surface area (Å²) in [5, 5.41) is -0.0376. The van der Waals surface area contributed by atoms with E-state index >= 15 is 0 Å². The summed E-state index contributed by atoms with van der Waals surface area (Å²) in [7, 11) is -0.671. The molecule has 1 aromatic heterocycles. The Bertz CT molecular complexity index is 735. The highest BCUT2D eigenvalue weighted by molar-refractivity contribution is 7.89. The molecule has 0 bridgehead atoms. The van der Waals surface area contributed by atoms with E-state index in [0.717, 1.165) is 5.56 Å². The van der Waals surface area contributed by atoms with E-state index in [4.69, 9.17) is 16.3 Å². The van der Waals surface area contributed by atoms with Gasteiger partial charge in [-0.25, -0.2) is 13.4 Å². The SMILES string of the molecule is COc1ccccc1CN(C)S(=O)(=O)c1cccnc1Cl. The number of methoxy groups -OCH3 is 1. The Kier molecular flexibility index (Phi) is 4.82. The normalized spacial score (nSPS) is 11.6. The minimum atomic E-state index is -3.71. The molecule has 112 valence electrons. The van der Waals surface area contributed by atoms with Crippen molar-refractivity contribution in [3.63, 3.8) is 0 Å². The van der Waals surface area contributed by atoms with Gasteiger partial charge in [0.25, 0.3) is 0 Å². The second-order valence-corrected chi connectivity index (χ2v) is 6.74. The number of halogens is 1. The Morgan fingerprint density at radius 2 is 1.95 bits per heavy atom. The average molecular weight is 327 g/mol. The van der Waals surface area contributed by atoms with Crippen LogP contribution >= 0.6 is 11.6 Å². The van der Waals surface area contributed by atoms with E-state index in [1.807, 2.05) is 18.2 Å². The third kappa shape index (κ3) is 3.34. The predicted molar refractivity (Wildman–Crippen MR) is 80.9 cm³/mol. The van der Waals surface area contributed by atoms with Gasteiger partial charge in [0.05, 0.1) is 7.11 Å². The van der Waals surface area contributed by atoms with E-state index in [2.05, 4.69) is 4.98 Å². The van der Waals surface area contributed by atoms with Crippen molar-refractivity contribution in [3.8, 4) is 5.75 Å². The van der Waals surface area contributed by atoms with Crippen LogP contribution in [0.15, 0.2) is 47.5 Å². The average Bonchev–Trinajstić information content (AvgIpc) is 2.48. The van der Waals surface area contributed by atoms with E-state index in [0.29, 0.717) is 5.75 Å². The Balaban J connectivity index is 2.32. The minimum absolute atomic E-state index is 0.0101. The van der Waals surface area contributed by atoms with Gasteiger partial charge in [-0.3, -0.25) is 0 Å². The molecule has 0 atom stereocenters. The Labute approximate surface area is 129 Å². The van der Waals surface area contributed by atoms with Crippen molar-refractivity contribution >= 4 is 21.6 Å². The molecule has 0 radical (unpaired) electrons. The molecule has 0 aliphatic carbocycles. The lowest BCUT2D eigenvalue weighted by atomic mass is 10.2. The molecule has 1 heterocycles. The summed E-state index contributed by atoms with van der Waals surface area (Å²) in [6.45, 7) is 0.178. The molecule has 7 heteroatoms. The maximum absolute atomic E-state index is 12.5. The van der Waals surface area contributed by atoms with Crippen molar-refractivity contribution < 1.29 is 13.2 Å². The van der Waals surface area contributed by atoms with Gasteiger partial charge in [0.1, 0.15) is 15.8 Å². The lowest BCUT2D eigenvalue weighted by Gasteiger charge is -2.19. The molecule has 1 aromatic carbocycles. The molecule has 0 amide bonds. The predicted octanol–water partition coefficient (Wildman–Crippen LogP) is 2.56. The van der Waals surface area contributed by atoms with Gasteiger partial charge >= 0.3 is 0 Å². The zero-order valence-corrected chi connectivity index (χ0v) is 13.2. The number of para-hydroxylation sites is 1. The van der Waals surface area contributed by atoms with Gasteiger partial charge in [-0.2, -0.15) is 4.31 Å². The van der Waals surface area contributed by atoms with Gasteiger partial charge in [-0.15, -0.1) is 0 Å². The van der Waals surface area contributed by atoms with Gasteiger partial charge in [-0.1, -0.05) is 29.8 Å². The Morgan fingerprint density at radius 1 is 1.24 bits per heavy atom. The van der Waals surface area contributed by atoms with E-state index in [9.17, 15) is 8.42 Å². The summed E-state index contributed by atoms with van der Waals surface area (Å²) in [4.78, 5) is 3.79. The molecule has 0 saturated carbocycles. The van der Waals surface area contributed by atoms with Gasteiger partial charge in [0.15, 0.2) is 0 Å². The van der Waals surface area contributed by atoms with Crippen molar-refractivity contribution in [3.05, 3.63) is 53.3 Å². The fourth-order valence-electron chi connectivity index (χ4n) is 1.89. The van der Waals surface area contributed by atoms with Crippen molar-refractivity contribution in [1.29, 1.82) is 0 Å². The monoisotopic (exact) mass is 326 g/mol. The number of aromatic nitrogens is 1. The number of hydrogen-bond donors (Lipinski definition) is 0. The first kappa shape index (κ1) is 15.8. The van der Waals surface area contributed by atoms with E-state index < -0.39 is 10.0 Å². The van der Waals surface area contributed by atoms with Crippen molar-refractivity contribution in [1.82, 2.24) is 9.29 Å². The number of pyridine rings is 1. The van der Waals surface area contributed by atoms with Crippen LogP contribution in [-0.4, -0.2) is 31.9 Å². The molecule has 0 spiro atoms. The maximum atomic E-state index is 12.5. The number of nitrogens with zero attached hydrogens (tertiary/aromatic N) is 2. The molecule has 21 heavy (non-hydrogen) atoms. The fraction of sp³-hybridized carbons (Fsp3) is 0.214. The van der Waals surface area contributed by atoms with Crippen LogP contribution in [0.5, 0.6) is 5.75 Å². The molecule has 2 rings (SSSR count). The number of hydrogen-bond acceptors (Lipinski definition) is 4. The van der Waals surface area contributed by atoms with E-state index in [1.165, 1.54) is 29.7 Å². The molecule has 0 saturated heterocycles. The summed E-state index contributed by atoms with van der Waals surface area (Å²) < 4.78 is 31.5. The second kappa shape index (κ2) is 6.43. The third-order valence-corrected chi connectivity index (χ3v) is 5.25. The standard InChI is InChI=1S/C14H15ClN2O3S/c1-17(10-11-6-3-4-7-12(11)20-2)21(18,19)13-8-5-9-16-14(13)15/h3-9H,10H2,1-2H3. The number of ether oxygens (including phenoxy) is 1. The van der Waals surface area contributed by atoms with Gasteiger partial charge < -0.3 is 4.74 Å². The number of rotatable bonds is 5. The smallest absolute Gasteiger partial charge is 0.246 e. The molecule has 2 aromatic rings. The number of sulfonamides is 1. The molecule has 0 fully saturated rings. The highest BCUT2D eigenvalue weighted by atomic mass is 35.5. The molecule has 0 aliphatic rings. The molecular formula is C14H15ClN2O3S. The first-order valence-corrected chi connectivity index (χ1v) is 7.97. The van der Waals surface area contributed by atoms with E-state index in [-0.39, 0.29) is 16.6 Å². The van der Waals surface area contributed by atoms with Crippen LogP contribution in [0.4, 0.5) is 0 Å². The van der Waals surface area contributed by atoms with Crippen LogP contribution in [0.1, 0.15) is 5.56 Å². The van der Waals surface area contributed by atoms with Crippen molar-refractivity contribution in [2.45, 2.75) is 11.4 Å². The Morgan fingerprint density at radius 3 is 2.62 bits per heavy atom. The van der Waals surface area contributed by atoms with Crippen molar-refractivity contribution in [2.75, 3.05) is 14.2 Å². The molecule has 0 aliphatic heterocycles. The van der Waals surface area contributed by atoms with Crippen LogP contribution in [0.3, 0.4) is 0 Å². The summed E-state index contributed by atoms with van der Waals surface area (Å²) in [5.74, 6) is 0.636. The highest BCUT2D eigenvalue weighted by Crippen LogP contribution is 2.25. The molecule has 0 N–H and O–H groups in total. The van der Waals surface area contributed by atoms with Gasteiger partial charge in [0, 0.05) is 25.4 Å². The first-order valence-electron chi connectivity index (χ1n) is 6.15. The Hall–Kier alpha value is -1.63.